The highest BCUT2D eigenvalue weighted by molar-refractivity contribution is 6.01. The summed E-state index contributed by atoms with van der Waals surface area (Å²) in [7, 11) is 0. The predicted molar refractivity (Wildman–Crippen MR) is 80.6 cm³/mol. The second-order valence-electron chi connectivity index (χ2n) is 5.14. The van der Waals surface area contributed by atoms with Crippen LogP contribution < -0.4 is 0 Å². The Bertz CT molecular complexity index is 725. The van der Waals surface area contributed by atoms with Crippen LogP contribution in [-0.2, 0) is 25.6 Å². The van der Waals surface area contributed by atoms with E-state index in [1.54, 1.807) is 12.3 Å². The quantitative estimate of drug-likeness (QED) is 0.806. The molecule has 0 N–H and O–H groups in total. The third-order valence-electron chi connectivity index (χ3n) is 3.44. The molecule has 1 aliphatic rings. The molecule has 0 atom stereocenters. The third kappa shape index (κ3) is 3.42. The smallest absolute Gasteiger partial charge is 0.330 e. The molecule has 2 aromatic rings. The van der Waals surface area contributed by atoms with Crippen LogP contribution in [0.2, 0.25) is 0 Å². The molecule has 0 aliphatic carbocycles. The van der Waals surface area contributed by atoms with E-state index in [2.05, 4.69) is 4.98 Å². The van der Waals surface area contributed by atoms with Gasteiger partial charge in [-0.05, 0) is 11.6 Å². The number of carbonyl (C=O) groups is 3. The van der Waals surface area contributed by atoms with Crippen molar-refractivity contribution in [2.24, 2.45) is 0 Å². The van der Waals surface area contributed by atoms with Gasteiger partial charge < -0.3 is 4.84 Å². The van der Waals surface area contributed by atoms with Crippen LogP contribution in [0.4, 0.5) is 0 Å². The number of amides is 2. The first-order chi connectivity index (χ1) is 11.1. The minimum Gasteiger partial charge on any atom is -0.330 e. The molecule has 2 amide bonds. The summed E-state index contributed by atoms with van der Waals surface area (Å²) in [5.41, 5.74) is 2.43. The molecule has 1 aromatic carbocycles. The van der Waals surface area contributed by atoms with Gasteiger partial charge in [-0.3, -0.25) is 14.6 Å². The van der Waals surface area contributed by atoms with Crippen molar-refractivity contribution in [1.82, 2.24) is 10.0 Å². The number of hydrogen-bond acceptors (Lipinski definition) is 5. The van der Waals surface area contributed by atoms with Gasteiger partial charge in [0.1, 0.15) is 0 Å². The normalized spacial score (nSPS) is 14.2. The summed E-state index contributed by atoms with van der Waals surface area (Å²) in [5.74, 6) is -1.63. The maximum atomic E-state index is 11.8. The fourth-order valence-corrected chi connectivity index (χ4v) is 2.27. The standard InChI is InChI=1S/C17H14N2O4/c20-15-8-9-16(21)19(15)23-17(22)10-12-6-7-14(18-11-12)13-4-2-1-3-5-13/h1-7,11H,8-10H2. The molecule has 6 heteroatoms. The Morgan fingerprint density at radius 1 is 1.04 bits per heavy atom. The van der Waals surface area contributed by atoms with Crippen LogP contribution >= 0.6 is 0 Å². The van der Waals surface area contributed by atoms with Crippen molar-refractivity contribution >= 4 is 17.8 Å². The number of pyridine rings is 1. The van der Waals surface area contributed by atoms with Crippen LogP contribution in [0.5, 0.6) is 0 Å². The Kier molecular flexibility index (Phi) is 4.14. The zero-order chi connectivity index (χ0) is 16.2. The number of hydroxylamine groups is 2. The number of rotatable bonds is 4. The van der Waals surface area contributed by atoms with Crippen LogP contribution in [0.25, 0.3) is 11.3 Å². The number of benzene rings is 1. The van der Waals surface area contributed by atoms with Crippen LogP contribution in [-0.4, -0.2) is 27.8 Å². The van der Waals surface area contributed by atoms with E-state index < -0.39 is 17.8 Å². The van der Waals surface area contributed by atoms with Crippen molar-refractivity contribution in [2.75, 3.05) is 0 Å². The second-order valence-corrected chi connectivity index (χ2v) is 5.14. The van der Waals surface area contributed by atoms with Crippen molar-refractivity contribution in [3.05, 3.63) is 54.2 Å². The summed E-state index contributed by atoms with van der Waals surface area (Å²) in [4.78, 5) is 43.7. The summed E-state index contributed by atoms with van der Waals surface area (Å²) in [6.07, 6.45) is 1.69. The molecule has 3 rings (SSSR count). The van der Waals surface area contributed by atoms with Crippen LogP contribution in [0, 0.1) is 0 Å². The van der Waals surface area contributed by atoms with E-state index in [0.717, 1.165) is 11.3 Å². The summed E-state index contributed by atoms with van der Waals surface area (Å²) < 4.78 is 0. The first-order valence-corrected chi connectivity index (χ1v) is 7.20. The van der Waals surface area contributed by atoms with Crippen molar-refractivity contribution < 1.29 is 19.2 Å². The average molecular weight is 310 g/mol. The summed E-state index contributed by atoms with van der Waals surface area (Å²) in [6, 6.07) is 13.2. The van der Waals surface area contributed by atoms with E-state index in [1.807, 2.05) is 36.4 Å². The molecule has 1 saturated heterocycles. The Hall–Kier alpha value is -3.02. The first kappa shape index (κ1) is 14.9. The molecule has 0 saturated carbocycles. The zero-order valence-electron chi connectivity index (χ0n) is 12.3. The number of carbonyl (C=O) groups excluding carboxylic acids is 3. The Labute approximate surface area is 132 Å². The molecule has 0 bridgehead atoms. The molecule has 2 heterocycles. The second kappa shape index (κ2) is 6.39. The van der Waals surface area contributed by atoms with Gasteiger partial charge in [0.05, 0.1) is 12.1 Å². The van der Waals surface area contributed by atoms with Gasteiger partial charge in [0.2, 0.25) is 0 Å². The van der Waals surface area contributed by atoms with Gasteiger partial charge in [-0.25, -0.2) is 4.79 Å². The highest BCUT2D eigenvalue weighted by Crippen LogP contribution is 2.17. The van der Waals surface area contributed by atoms with Crippen LogP contribution in [0.3, 0.4) is 0 Å². The maximum Gasteiger partial charge on any atom is 0.337 e. The summed E-state index contributed by atoms with van der Waals surface area (Å²) in [6.45, 7) is 0. The molecule has 1 fully saturated rings. The van der Waals surface area contributed by atoms with Gasteiger partial charge >= 0.3 is 5.97 Å². The lowest BCUT2D eigenvalue weighted by molar-refractivity contribution is -0.197. The van der Waals surface area contributed by atoms with Crippen molar-refractivity contribution in [3.8, 4) is 11.3 Å². The van der Waals surface area contributed by atoms with E-state index in [4.69, 9.17) is 4.84 Å². The van der Waals surface area contributed by atoms with Crippen molar-refractivity contribution in [1.29, 1.82) is 0 Å². The predicted octanol–water partition coefficient (Wildman–Crippen LogP) is 1.90. The largest absolute Gasteiger partial charge is 0.337 e. The molecule has 1 aromatic heterocycles. The lowest BCUT2D eigenvalue weighted by Crippen LogP contribution is -2.32. The summed E-state index contributed by atoms with van der Waals surface area (Å²) >= 11 is 0. The molecule has 1 aliphatic heterocycles. The number of hydrogen-bond donors (Lipinski definition) is 0. The molecule has 0 radical (unpaired) electrons. The fourth-order valence-electron chi connectivity index (χ4n) is 2.27. The molecular formula is C17H14N2O4. The van der Waals surface area contributed by atoms with Gasteiger partial charge in [0, 0.05) is 24.6 Å². The van der Waals surface area contributed by atoms with E-state index in [1.165, 1.54) is 0 Å². The van der Waals surface area contributed by atoms with Crippen LogP contribution in [0.15, 0.2) is 48.7 Å². The Morgan fingerprint density at radius 2 is 1.74 bits per heavy atom. The minimum absolute atomic E-state index is 0.0564. The van der Waals surface area contributed by atoms with E-state index in [-0.39, 0.29) is 19.3 Å². The molecule has 6 nitrogen and oxygen atoms in total. The van der Waals surface area contributed by atoms with E-state index in [0.29, 0.717) is 10.6 Å². The van der Waals surface area contributed by atoms with E-state index in [9.17, 15) is 14.4 Å². The first-order valence-electron chi connectivity index (χ1n) is 7.20. The van der Waals surface area contributed by atoms with Crippen LogP contribution in [0.1, 0.15) is 18.4 Å². The van der Waals surface area contributed by atoms with Gasteiger partial charge in [0.25, 0.3) is 11.8 Å². The van der Waals surface area contributed by atoms with Gasteiger partial charge in [-0.2, -0.15) is 0 Å². The summed E-state index contributed by atoms with van der Waals surface area (Å²) in [5, 5.41) is 0.550. The lowest BCUT2D eigenvalue weighted by Gasteiger charge is -2.12. The molecule has 0 spiro atoms. The molecule has 116 valence electrons. The minimum atomic E-state index is -0.664. The van der Waals surface area contributed by atoms with E-state index >= 15 is 0 Å². The van der Waals surface area contributed by atoms with Crippen molar-refractivity contribution in [2.45, 2.75) is 19.3 Å². The van der Waals surface area contributed by atoms with Crippen molar-refractivity contribution in [3.63, 3.8) is 0 Å². The number of nitrogens with zero attached hydrogens (tertiary/aromatic N) is 2. The molecule has 23 heavy (non-hydrogen) atoms. The average Bonchev–Trinajstić information content (AvgIpc) is 2.88. The Morgan fingerprint density at radius 3 is 2.35 bits per heavy atom. The molecule has 0 unspecified atom stereocenters. The van der Waals surface area contributed by atoms with Gasteiger partial charge in [-0.1, -0.05) is 36.4 Å². The lowest BCUT2D eigenvalue weighted by atomic mass is 10.1. The highest BCUT2D eigenvalue weighted by atomic mass is 16.7. The number of imide groups is 1. The maximum absolute atomic E-state index is 11.8. The van der Waals surface area contributed by atoms with Gasteiger partial charge in [-0.15, -0.1) is 5.06 Å². The monoisotopic (exact) mass is 310 g/mol. The Balaban J connectivity index is 1.63. The topological polar surface area (TPSA) is 76.6 Å². The SMILES string of the molecule is O=C(Cc1ccc(-c2ccccc2)nc1)ON1C(=O)CCC1=O. The third-order valence-corrected chi connectivity index (χ3v) is 3.44. The van der Waals surface area contributed by atoms with Gasteiger partial charge in [0.15, 0.2) is 0 Å². The highest BCUT2D eigenvalue weighted by Gasteiger charge is 2.32. The zero-order valence-corrected chi connectivity index (χ0v) is 12.3. The molecular weight excluding hydrogens is 296 g/mol. The fraction of sp³-hybridized carbons (Fsp3) is 0.176. The number of aromatic nitrogens is 1.